The van der Waals surface area contributed by atoms with Crippen LogP contribution in [0.4, 0.5) is 11.4 Å². The van der Waals surface area contributed by atoms with Gasteiger partial charge < -0.3 is 19.7 Å². The van der Waals surface area contributed by atoms with Crippen LogP contribution in [0, 0.1) is 0 Å². The first-order chi connectivity index (χ1) is 12.9. The van der Waals surface area contributed by atoms with E-state index in [4.69, 9.17) is 14.6 Å². The van der Waals surface area contributed by atoms with E-state index in [2.05, 4.69) is 10.3 Å². The Labute approximate surface area is 157 Å². The van der Waals surface area contributed by atoms with Crippen molar-refractivity contribution in [3.05, 3.63) is 42.1 Å². The Balaban J connectivity index is 1.94. The number of nitrogens with zero attached hydrogens (tertiary/aromatic N) is 2. The molecule has 2 aromatic rings. The minimum atomic E-state index is -3.94. The van der Waals surface area contributed by atoms with E-state index in [0.29, 0.717) is 43.6 Å². The first-order valence-electron chi connectivity index (χ1n) is 8.19. The SMILES string of the molecule is COc1ccc(NC(=O)c2cc(S(N)(=O)=O)ccc2N2CCOCC2)cn1. The van der Waals surface area contributed by atoms with Crippen LogP contribution in [-0.2, 0) is 14.8 Å². The number of carbonyl (C=O) groups is 1. The summed E-state index contributed by atoms with van der Waals surface area (Å²) >= 11 is 0. The van der Waals surface area contributed by atoms with Gasteiger partial charge in [-0.1, -0.05) is 0 Å². The first-order valence-corrected chi connectivity index (χ1v) is 9.74. The van der Waals surface area contributed by atoms with Crippen molar-refractivity contribution in [2.75, 3.05) is 43.6 Å². The molecule has 1 aromatic heterocycles. The average molecular weight is 392 g/mol. The smallest absolute Gasteiger partial charge is 0.257 e. The molecular weight excluding hydrogens is 372 g/mol. The molecule has 0 unspecified atom stereocenters. The van der Waals surface area contributed by atoms with Gasteiger partial charge in [0.15, 0.2) is 0 Å². The lowest BCUT2D eigenvalue weighted by molar-refractivity contribution is 0.102. The molecule has 0 radical (unpaired) electrons. The highest BCUT2D eigenvalue weighted by molar-refractivity contribution is 7.89. The van der Waals surface area contributed by atoms with E-state index in [1.165, 1.54) is 25.4 Å². The third-order valence-electron chi connectivity index (χ3n) is 4.10. The number of amides is 1. The number of nitrogens with two attached hydrogens (primary N) is 1. The lowest BCUT2D eigenvalue weighted by Gasteiger charge is -2.30. The number of carbonyl (C=O) groups excluding carboxylic acids is 1. The highest BCUT2D eigenvalue weighted by Crippen LogP contribution is 2.26. The standard InChI is InChI=1S/C17H20N4O5S/c1-25-16-5-2-12(11-19-16)20-17(22)14-10-13(27(18,23)24)3-4-15(14)21-6-8-26-9-7-21/h2-5,10-11H,6-9H2,1H3,(H,20,22)(H2,18,23,24). The molecule has 1 aromatic carbocycles. The summed E-state index contributed by atoms with van der Waals surface area (Å²) in [5.74, 6) is -0.0489. The topological polar surface area (TPSA) is 124 Å². The second-order valence-electron chi connectivity index (χ2n) is 5.87. The van der Waals surface area contributed by atoms with E-state index in [-0.39, 0.29) is 10.5 Å². The number of primary sulfonamides is 1. The van der Waals surface area contributed by atoms with Gasteiger partial charge in [0.1, 0.15) is 0 Å². The molecule has 0 atom stereocenters. The number of anilines is 2. The fraction of sp³-hybridized carbons (Fsp3) is 0.294. The second-order valence-corrected chi connectivity index (χ2v) is 7.43. The molecule has 0 saturated carbocycles. The third-order valence-corrected chi connectivity index (χ3v) is 5.01. The number of methoxy groups -OCH3 is 1. The van der Waals surface area contributed by atoms with Gasteiger partial charge in [0.2, 0.25) is 15.9 Å². The van der Waals surface area contributed by atoms with Gasteiger partial charge in [-0.15, -0.1) is 0 Å². The summed E-state index contributed by atoms with van der Waals surface area (Å²) in [4.78, 5) is 18.7. The van der Waals surface area contributed by atoms with Crippen LogP contribution < -0.4 is 20.1 Å². The van der Waals surface area contributed by atoms with Crippen molar-refractivity contribution in [2.45, 2.75) is 4.90 Å². The molecule has 1 aliphatic rings. The fourth-order valence-electron chi connectivity index (χ4n) is 2.73. The third kappa shape index (κ3) is 4.54. The number of morpholine rings is 1. The number of sulfonamides is 1. The lowest BCUT2D eigenvalue weighted by atomic mass is 10.1. The predicted molar refractivity (Wildman–Crippen MR) is 99.6 cm³/mol. The average Bonchev–Trinajstić information content (AvgIpc) is 2.68. The highest BCUT2D eigenvalue weighted by Gasteiger charge is 2.22. The zero-order valence-electron chi connectivity index (χ0n) is 14.7. The van der Waals surface area contributed by atoms with Crippen LogP contribution in [0.15, 0.2) is 41.4 Å². The first kappa shape index (κ1) is 19.1. The van der Waals surface area contributed by atoms with E-state index >= 15 is 0 Å². The zero-order chi connectivity index (χ0) is 19.4. The van der Waals surface area contributed by atoms with Crippen molar-refractivity contribution in [1.82, 2.24) is 4.98 Å². The number of hydrogen-bond donors (Lipinski definition) is 2. The monoisotopic (exact) mass is 392 g/mol. The predicted octanol–water partition coefficient (Wildman–Crippen LogP) is 0.826. The van der Waals surface area contributed by atoms with E-state index in [1.54, 1.807) is 18.2 Å². The summed E-state index contributed by atoms with van der Waals surface area (Å²) in [6.45, 7) is 2.25. The number of aromatic nitrogens is 1. The summed E-state index contributed by atoms with van der Waals surface area (Å²) in [5, 5.41) is 7.94. The molecule has 3 rings (SSSR count). The Bertz CT molecular complexity index is 925. The van der Waals surface area contributed by atoms with Crippen LogP contribution in [-0.4, -0.2) is 52.7 Å². The van der Waals surface area contributed by atoms with Crippen LogP contribution in [0.2, 0.25) is 0 Å². The van der Waals surface area contributed by atoms with Crippen LogP contribution in [0.25, 0.3) is 0 Å². The molecule has 1 fully saturated rings. The maximum absolute atomic E-state index is 12.8. The van der Waals surface area contributed by atoms with Crippen molar-refractivity contribution < 1.29 is 22.7 Å². The quantitative estimate of drug-likeness (QED) is 0.772. The number of pyridine rings is 1. The maximum Gasteiger partial charge on any atom is 0.257 e. The number of benzene rings is 1. The van der Waals surface area contributed by atoms with Crippen LogP contribution in [0.3, 0.4) is 0 Å². The van der Waals surface area contributed by atoms with Gasteiger partial charge in [-0.2, -0.15) is 0 Å². The van der Waals surface area contributed by atoms with Crippen molar-refractivity contribution in [3.63, 3.8) is 0 Å². The Morgan fingerprint density at radius 1 is 1.26 bits per heavy atom. The summed E-state index contributed by atoms with van der Waals surface area (Å²) in [6.07, 6.45) is 1.45. The molecule has 3 N–H and O–H groups in total. The molecule has 0 bridgehead atoms. The minimum Gasteiger partial charge on any atom is -0.481 e. The van der Waals surface area contributed by atoms with E-state index in [9.17, 15) is 13.2 Å². The molecule has 0 aliphatic carbocycles. The van der Waals surface area contributed by atoms with Gasteiger partial charge in [0, 0.05) is 24.8 Å². The number of hydrogen-bond acceptors (Lipinski definition) is 7. The number of rotatable bonds is 5. The molecule has 1 saturated heterocycles. The van der Waals surface area contributed by atoms with Gasteiger partial charge in [-0.3, -0.25) is 4.79 Å². The van der Waals surface area contributed by atoms with Crippen molar-refractivity contribution >= 4 is 27.3 Å². The van der Waals surface area contributed by atoms with Crippen molar-refractivity contribution in [1.29, 1.82) is 0 Å². The van der Waals surface area contributed by atoms with Gasteiger partial charge >= 0.3 is 0 Å². The van der Waals surface area contributed by atoms with Gasteiger partial charge in [0.05, 0.1) is 42.7 Å². The Morgan fingerprint density at radius 3 is 2.59 bits per heavy atom. The van der Waals surface area contributed by atoms with Crippen LogP contribution in [0.5, 0.6) is 5.88 Å². The molecule has 10 heteroatoms. The molecular formula is C17H20N4O5S. The normalized spacial score (nSPS) is 14.7. The molecule has 144 valence electrons. The highest BCUT2D eigenvalue weighted by atomic mass is 32.2. The number of ether oxygens (including phenoxy) is 2. The maximum atomic E-state index is 12.8. The summed E-state index contributed by atoms with van der Waals surface area (Å²) in [5.41, 5.74) is 1.28. The van der Waals surface area contributed by atoms with Crippen LogP contribution >= 0.6 is 0 Å². The summed E-state index contributed by atoms with van der Waals surface area (Å²) < 4.78 is 33.8. The molecule has 9 nitrogen and oxygen atoms in total. The Kier molecular flexibility index (Phi) is 5.59. The van der Waals surface area contributed by atoms with Crippen LogP contribution in [0.1, 0.15) is 10.4 Å². The largest absolute Gasteiger partial charge is 0.481 e. The van der Waals surface area contributed by atoms with Gasteiger partial charge in [-0.25, -0.2) is 18.5 Å². The van der Waals surface area contributed by atoms with Crippen molar-refractivity contribution in [2.24, 2.45) is 5.14 Å². The van der Waals surface area contributed by atoms with Gasteiger partial charge in [-0.05, 0) is 24.3 Å². The van der Waals surface area contributed by atoms with E-state index in [1.807, 2.05) is 4.90 Å². The van der Waals surface area contributed by atoms with E-state index < -0.39 is 15.9 Å². The Morgan fingerprint density at radius 2 is 2.00 bits per heavy atom. The molecule has 2 heterocycles. The summed E-state index contributed by atoms with van der Waals surface area (Å²) in [7, 11) is -2.45. The lowest BCUT2D eigenvalue weighted by Crippen LogP contribution is -2.37. The van der Waals surface area contributed by atoms with Crippen molar-refractivity contribution in [3.8, 4) is 5.88 Å². The summed E-state index contributed by atoms with van der Waals surface area (Å²) in [6, 6.07) is 7.52. The minimum absolute atomic E-state index is 0.127. The zero-order valence-corrected chi connectivity index (χ0v) is 15.5. The molecule has 0 spiro atoms. The second kappa shape index (κ2) is 7.91. The molecule has 1 aliphatic heterocycles. The Hall–Kier alpha value is -2.69. The molecule has 1 amide bonds. The van der Waals surface area contributed by atoms with E-state index in [0.717, 1.165) is 0 Å². The molecule has 27 heavy (non-hydrogen) atoms. The fourth-order valence-corrected chi connectivity index (χ4v) is 3.27. The van der Waals surface area contributed by atoms with Gasteiger partial charge in [0.25, 0.3) is 5.91 Å². The number of nitrogens with one attached hydrogen (secondary N) is 1.